The van der Waals surface area contributed by atoms with Crippen molar-refractivity contribution in [1.82, 2.24) is 0 Å². The van der Waals surface area contributed by atoms with E-state index >= 15 is 0 Å². The fraction of sp³-hybridized carbons (Fsp3) is 0.250. The smallest absolute Gasteiger partial charge is 0.135 e. The summed E-state index contributed by atoms with van der Waals surface area (Å²) < 4.78 is 12.2. The number of hydrogen-bond donors (Lipinski definition) is 0. The minimum atomic E-state index is 0.0288. The highest BCUT2D eigenvalue weighted by Crippen LogP contribution is 2.39. The third-order valence-corrected chi connectivity index (χ3v) is 6.34. The molecule has 0 amide bonds. The minimum Gasteiger partial charge on any atom is -0.461 e. The Hall–Kier alpha value is -3.33. The number of furan rings is 2. The van der Waals surface area contributed by atoms with E-state index in [4.69, 9.17) is 13.8 Å². The average Bonchev–Trinajstić information content (AvgIpc) is 3.31. The lowest BCUT2D eigenvalue weighted by molar-refractivity contribution is 0.546. The van der Waals surface area contributed by atoms with Crippen LogP contribution in [0.15, 0.2) is 68.4 Å². The van der Waals surface area contributed by atoms with Crippen molar-refractivity contribution in [2.24, 2.45) is 4.99 Å². The van der Waals surface area contributed by atoms with Crippen LogP contribution in [0, 0.1) is 6.92 Å². The van der Waals surface area contributed by atoms with Crippen molar-refractivity contribution in [3.05, 3.63) is 82.8 Å². The van der Waals surface area contributed by atoms with Crippen LogP contribution in [0.3, 0.4) is 0 Å². The third-order valence-electron chi connectivity index (χ3n) is 6.34. The van der Waals surface area contributed by atoms with Crippen LogP contribution >= 0.6 is 0 Å². The number of aliphatic imine (C=N–C) groups is 1. The summed E-state index contributed by atoms with van der Waals surface area (Å²) in [6.07, 6.45) is 0.825. The zero-order valence-electron chi connectivity index (χ0n) is 18.4. The van der Waals surface area contributed by atoms with E-state index in [0.29, 0.717) is 0 Å². The number of rotatable bonds is 1. The predicted octanol–water partition coefficient (Wildman–Crippen LogP) is 7.33. The molecule has 2 aromatic heterocycles. The normalized spacial score (nSPS) is 14.4. The first-order chi connectivity index (χ1) is 14.9. The Kier molecular flexibility index (Phi) is 3.77. The maximum Gasteiger partial charge on any atom is 0.135 e. The Balaban J connectivity index is 1.67. The minimum absolute atomic E-state index is 0.0288. The molecule has 0 atom stereocenters. The SMILES string of the molecule is Cc1cc2c(ccc3oc4c(c32)C(c2cc(C(C)(C)C)c3ccccc3c2)=NCC4)o1. The van der Waals surface area contributed by atoms with Crippen molar-refractivity contribution in [1.29, 1.82) is 0 Å². The fourth-order valence-corrected chi connectivity index (χ4v) is 4.96. The summed E-state index contributed by atoms with van der Waals surface area (Å²) in [4.78, 5) is 5.03. The Bertz CT molecular complexity index is 1520. The van der Waals surface area contributed by atoms with E-state index in [2.05, 4.69) is 63.2 Å². The van der Waals surface area contributed by atoms with Crippen LogP contribution < -0.4 is 0 Å². The van der Waals surface area contributed by atoms with Crippen LogP contribution in [0.4, 0.5) is 0 Å². The second-order valence-electron chi connectivity index (χ2n) is 9.58. The van der Waals surface area contributed by atoms with Gasteiger partial charge < -0.3 is 8.83 Å². The molecule has 0 bridgehead atoms. The molecule has 0 fully saturated rings. The maximum absolute atomic E-state index is 6.32. The van der Waals surface area contributed by atoms with Crippen molar-refractivity contribution < 1.29 is 8.83 Å². The van der Waals surface area contributed by atoms with Crippen molar-refractivity contribution in [2.75, 3.05) is 6.54 Å². The van der Waals surface area contributed by atoms with Gasteiger partial charge in [0.2, 0.25) is 0 Å². The van der Waals surface area contributed by atoms with E-state index in [9.17, 15) is 0 Å². The Labute approximate surface area is 181 Å². The zero-order chi connectivity index (χ0) is 21.3. The van der Waals surface area contributed by atoms with Crippen molar-refractivity contribution in [3.63, 3.8) is 0 Å². The van der Waals surface area contributed by atoms with Gasteiger partial charge >= 0.3 is 0 Å². The molecular formula is C28H25NO2. The van der Waals surface area contributed by atoms with Crippen LogP contribution in [-0.4, -0.2) is 12.3 Å². The monoisotopic (exact) mass is 407 g/mol. The van der Waals surface area contributed by atoms with Crippen LogP contribution in [0.5, 0.6) is 0 Å². The fourth-order valence-electron chi connectivity index (χ4n) is 4.96. The van der Waals surface area contributed by atoms with Gasteiger partial charge in [-0.1, -0.05) is 45.0 Å². The molecular weight excluding hydrogens is 382 g/mol. The second kappa shape index (κ2) is 6.34. The van der Waals surface area contributed by atoms with E-state index in [1.807, 2.05) is 19.1 Å². The molecule has 0 saturated carbocycles. The summed E-state index contributed by atoms with van der Waals surface area (Å²) in [5, 5.41) is 4.77. The standard InChI is InChI=1S/C28H25NO2/c1-16-13-20-22(30-16)9-10-23-25(20)26-24(31-23)11-12-29-27(26)18-14-17-7-5-6-8-19(17)21(15-18)28(2,3)4/h5-10,13-15H,11-12H2,1-4H3. The van der Waals surface area contributed by atoms with Gasteiger partial charge in [-0.2, -0.15) is 0 Å². The summed E-state index contributed by atoms with van der Waals surface area (Å²) in [5.74, 6) is 1.93. The number of hydrogen-bond acceptors (Lipinski definition) is 3. The highest BCUT2D eigenvalue weighted by molar-refractivity contribution is 6.25. The number of benzene rings is 3. The molecule has 3 aromatic carbocycles. The molecule has 6 rings (SSSR count). The van der Waals surface area contributed by atoms with Gasteiger partial charge in [0.05, 0.1) is 11.3 Å². The molecule has 31 heavy (non-hydrogen) atoms. The molecule has 3 nitrogen and oxygen atoms in total. The lowest BCUT2D eigenvalue weighted by Crippen LogP contribution is -2.16. The highest BCUT2D eigenvalue weighted by atomic mass is 16.3. The Morgan fingerprint density at radius 3 is 2.52 bits per heavy atom. The second-order valence-corrected chi connectivity index (χ2v) is 9.58. The molecule has 0 aliphatic carbocycles. The Morgan fingerprint density at radius 2 is 1.68 bits per heavy atom. The van der Waals surface area contributed by atoms with Crippen molar-refractivity contribution in [3.8, 4) is 0 Å². The molecule has 0 radical (unpaired) electrons. The van der Waals surface area contributed by atoms with Crippen molar-refractivity contribution >= 4 is 38.4 Å². The van der Waals surface area contributed by atoms with Gasteiger partial charge in [0.1, 0.15) is 22.7 Å². The lowest BCUT2D eigenvalue weighted by Gasteiger charge is -2.23. The molecule has 154 valence electrons. The average molecular weight is 408 g/mol. The van der Waals surface area contributed by atoms with Crippen LogP contribution in [0.1, 0.15) is 49.0 Å². The summed E-state index contributed by atoms with van der Waals surface area (Å²) >= 11 is 0. The van der Waals surface area contributed by atoms with Crippen LogP contribution in [0.2, 0.25) is 0 Å². The van der Waals surface area contributed by atoms with Crippen LogP contribution in [0.25, 0.3) is 32.7 Å². The van der Waals surface area contributed by atoms with E-state index in [-0.39, 0.29) is 5.41 Å². The summed E-state index contributed by atoms with van der Waals surface area (Å²) in [5.41, 5.74) is 6.49. The van der Waals surface area contributed by atoms with E-state index in [1.54, 1.807) is 0 Å². The first kappa shape index (κ1) is 18.4. The summed E-state index contributed by atoms with van der Waals surface area (Å²) in [6, 6.07) is 19.4. The van der Waals surface area contributed by atoms with Gasteiger partial charge in [-0.3, -0.25) is 4.99 Å². The number of fused-ring (bicyclic) bond motifs is 6. The Morgan fingerprint density at radius 1 is 0.871 bits per heavy atom. The molecule has 0 saturated heterocycles. The third kappa shape index (κ3) is 2.76. The van der Waals surface area contributed by atoms with E-state index in [0.717, 1.165) is 63.3 Å². The van der Waals surface area contributed by atoms with Crippen LogP contribution in [-0.2, 0) is 11.8 Å². The predicted molar refractivity (Wildman–Crippen MR) is 128 cm³/mol. The topological polar surface area (TPSA) is 38.6 Å². The molecule has 1 aliphatic rings. The molecule has 0 N–H and O–H groups in total. The molecule has 5 aromatic rings. The zero-order valence-corrected chi connectivity index (χ0v) is 18.4. The highest BCUT2D eigenvalue weighted by Gasteiger charge is 2.27. The first-order valence-corrected chi connectivity index (χ1v) is 10.9. The number of aryl methyl sites for hydroxylation is 1. The summed E-state index contributed by atoms with van der Waals surface area (Å²) in [7, 11) is 0. The van der Waals surface area contributed by atoms with Crippen molar-refractivity contribution in [2.45, 2.75) is 39.5 Å². The molecule has 0 unspecified atom stereocenters. The molecule has 0 spiro atoms. The summed E-state index contributed by atoms with van der Waals surface area (Å²) in [6.45, 7) is 9.56. The number of nitrogens with zero attached hydrogens (tertiary/aromatic N) is 1. The molecule has 3 heterocycles. The maximum atomic E-state index is 6.32. The largest absolute Gasteiger partial charge is 0.461 e. The quantitative estimate of drug-likeness (QED) is 0.292. The van der Waals surface area contributed by atoms with Gasteiger partial charge in [0.25, 0.3) is 0 Å². The van der Waals surface area contributed by atoms with Gasteiger partial charge in [0.15, 0.2) is 0 Å². The van der Waals surface area contributed by atoms with Gasteiger partial charge in [-0.15, -0.1) is 0 Å². The van der Waals surface area contributed by atoms with Gasteiger partial charge in [0, 0.05) is 29.3 Å². The first-order valence-electron chi connectivity index (χ1n) is 10.9. The van der Waals surface area contributed by atoms with E-state index in [1.165, 1.54) is 16.3 Å². The molecule has 1 aliphatic heterocycles. The lowest BCUT2D eigenvalue weighted by atomic mass is 9.81. The van der Waals surface area contributed by atoms with Gasteiger partial charge in [-0.25, -0.2) is 0 Å². The van der Waals surface area contributed by atoms with Gasteiger partial charge in [-0.05, 0) is 59.0 Å². The van der Waals surface area contributed by atoms with E-state index < -0.39 is 0 Å². The molecule has 3 heteroatoms.